The molecule has 0 aliphatic heterocycles. The SMILES string of the molecule is CC1(C)C2CC[C@]1(CS([N])(=O)=O)C(=O)C2. The van der Waals surface area contributed by atoms with Crippen LogP contribution in [0.3, 0.4) is 0 Å². The Labute approximate surface area is 90.3 Å². The number of carbonyl (C=O) groups excluding carboxylic acids is 1. The first kappa shape index (κ1) is 11.1. The molecule has 1 unspecified atom stereocenters. The van der Waals surface area contributed by atoms with Crippen molar-refractivity contribution in [3.05, 3.63) is 0 Å². The molecule has 4 nitrogen and oxygen atoms in total. The van der Waals surface area contributed by atoms with E-state index in [1.54, 1.807) is 0 Å². The van der Waals surface area contributed by atoms with E-state index in [1.807, 2.05) is 13.8 Å². The third kappa shape index (κ3) is 1.36. The van der Waals surface area contributed by atoms with Crippen LogP contribution >= 0.6 is 0 Å². The normalized spacial score (nSPS) is 38.6. The summed E-state index contributed by atoms with van der Waals surface area (Å²) in [5, 5.41) is 8.96. The van der Waals surface area contributed by atoms with Crippen LogP contribution in [0.2, 0.25) is 0 Å². The topological polar surface area (TPSA) is 73.5 Å². The van der Waals surface area contributed by atoms with E-state index in [2.05, 4.69) is 0 Å². The van der Waals surface area contributed by atoms with E-state index < -0.39 is 21.2 Å². The highest BCUT2D eigenvalue weighted by Crippen LogP contribution is 2.64. The first-order chi connectivity index (χ1) is 6.69. The number of rotatable bonds is 2. The quantitative estimate of drug-likeness (QED) is 0.702. The van der Waals surface area contributed by atoms with Crippen LogP contribution in [0.5, 0.6) is 0 Å². The molecule has 2 rings (SSSR count). The second kappa shape index (κ2) is 2.83. The molecule has 2 bridgehead atoms. The Morgan fingerprint density at radius 1 is 1.47 bits per heavy atom. The Bertz CT molecular complexity index is 412. The zero-order valence-corrected chi connectivity index (χ0v) is 9.80. The third-order valence-electron chi connectivity index (χ3n) is 4.57. The number of hydrogen-bond acceptors (Lipinski definition) is 3. The number of nitrogens with zero attached hydrogens (tertiary/aromatic N) is 1. The van der Waals surface area contributed by atoms with Gasteiger partial charge in [0.15, 0.2) is 0 Å². The zero-order chi connectivity index (χ0) is 11.5. The van der Waals surface area contributed by atoms with Crippen LogP contribution in [0, 0.1) is 16.7 Å². The Morgan fingerprint density at radius 2 is 2.07 bits per heavy atom. The maximum atomic E-state index is 11.9. The van der Waals surface area contributed by atoms with Crippen LogP contribution in [-0.4, -0.2) is 20.0 Å². The molecule has 2 radical (unpaired) electrons. The molecule has 2 fully saturated rings. The predicted molar refractivity (Wildman–Crippen MR) is 54.5 cm³/mol. The summed E-state index contributed by atoms with van der Waals surface area (Å²) in [5.74, 6) is -0.101. The van der Waals surface area contributed by atoms with Crippen molar-refractivity contribution in [1.29, 1.82) is 0 Å². The molecule has 0 N–H and O–H groups in total. The van der Waals surface area contributed by atoms with Gasteiger partial charge < -0.3 is 0 Å². The van der Waals surface area contributed by atoms with Crippen molar-refractivity contribution in [2.45, 2.75) is 33.1 Å². The smallest absolute Gasteiger partial charge is 0.245 e. The van der Waals surface area contributed by atoms with Gasteiger partial charge in [0.2, 0.25) is 10.0 Å². The molecule has 0 saturated heterocycles. The van der Waals surface area contributed by atoms with Gasteiger partial charge in [-0.1, -0.05) is 13.8 Å². The lowest BCUT2D eigenvalue weighted by atomic mass is 9.70. The molecule has 2 saturated carbocycles. The van der Waals surface area contributed by atoms with E-state index in [-0.39, 0.29) is 17.1 Å². The molecule has 2 atom stereocenters. The lowest BCUT2D eigenvalue weighted by molar-refractivity contribution is -0.128. The summed E-state index contributed by atoms with van der Waals surface area (Å²) < 4.78 is 22.0. The van der Waals surface area contributed by atoms with Crippen molar-refractivity contribution >= 4 is 15.8 Å². The number of Topliss-reactive ketones (excluding diaryl/α,β-unsaturated/α-hetero) is 1. The minimum Gasteiger partial charge on any atom is -0.299 e. The van der Waals surface area contributed by atoms with Crippen LogP contribution < -0.4 is 5.14 Å². The Kier molecular flexibility index (Phi) is 2.09. The van der Waals surface area contributed by atoms with Gasteiger partial charge in [-0.05, 0) is 29.3 Å². The summed E-state index contributed by atoms with van der Waals surface area (Å²) in [4.78, 5) is 11.9. The fourth-order valence-electron chi connectivity index (χ4n) is 3.42. The third-order valence-corrected chi connectivity index (χ3v) is 5.43. The van der Waals surface area contributed by atoms with Crippen molar-refractivity contribution in [2.24, 2.45) is 16.7 Å². The molecule has 2 aliphatic rings. The van der Waals surface area contributed by atoms with Crippen molar-refractivity contribution in [3.63, 3.8) is 0 Å². The van der Waals surface area contributed by atoms with Gasteiger partial charge in [-0.15, -0.1) is 0 Å². The van der Waals surface area contributed by atoms with E-state index in [1.165, 1.54) is 0 Å². The minimum atomic E-state index is -4.08. The number of fused-ring (bicyclic) bond motifs is 2. The minimum absolute atomic E-state index is 0.0152. The Balaban J connectivity index is 2.45. The summed E-state index contributed by atoms with van der Waals surface area (Å²) in [6, 6.07) is 0. The molecule has 0 aromatic carbocycles. The van der Waals surface area contributed by atoms with Gasteiger partial charge in [-0.3, -0.25) is 4.79 Å². The molecule has 0 aromatic rings. The first-order valence-corrected chi connectivity index (χ1v) is 6.78. The van der Waals surface area contributed by atoms with E-state index in [0.29, 0.717) is 12.8 Å². The Hall–Kier alpha value is -0.420. The average molecular weight is 229 g/mol. The second-order valence-corrected chi connectivity index (χ2v) is 6.85. The monoisotopic (exact) mass is 229 g/mol. The van der Waals surface area contributed by atoms with Crippen LogP contribution in [0.4, 0.5) is 0 Å². The highest BCUT2D eigenvalue weighted by molar-refractivity contribution is 7.88. The number of sulfonamides is 1. The molecule has 5 heteroatoms. The fraction of sp³-hybridized carbons (Fsp3) is 0.900. The van der Waals surface area contributed by atoms with Crippen molar-refractivity contribution < 1.29 is 13.2 Å². The van der Waals surface area contributed by atoms with Crippen molar-refractivity contribution in [1.82, 2.24) is 5.14 Å². The lowest BCUT2D eigenvalue weighted by Gasteiger charge is -2.35. The molecule has 0 aromatic heterocycles. The van der Waals surface area contributed by atoms with Crippen LogP contribution in [0.25, 0.3) is 0 Å². The summed E-state index contributed by atoms with van der Waals surface area (Å²) in [6.07, 6.45) is 1.97. The zero-order valence-electron chi connectivity index (χ0n) is 8.99. The summed E-state index contributed by atoms with van der Waals surface area (Å²) >= 11 is 0. The van der Waals surface area contributed by atoms with Crippen LogP contribution in [0.1, 0.15) is 33.1 Å². The summed E-state index contributed by atoms with van der Waals surface area (Å²) in [7, 11) is -4.08. The molecule has 84 valence electrons. The molecule has 0 amide bonds. The van der Waals surface area contributed by atoms with Gasteiger partial charge in [-0.2, -0.15) is 0 Å². The van der Waals surface area contributed by atoms with Gasteiger partial charge in [-0.25, -0.2) is 8.42 Å². The summed E-state index contributed by atoms with van der Waals surface area (Å²) in [5.41, 5.74) is -1.12. The molecule has 15 heavy (non-hydrogen) atoms. The van der Waals surface area contributed by atoms with Crippen molar-refractivity contribution in [2.75, 3.05) is 5.75 Å². The average Bonchev–Trinajstić information content (AvgIpc) is 2.34. The van der Waals surface area contributed by atoms with Gasteiger partial charge in [0.25, 0.3) is 0 Å². The largest absolute Gasteiger partial charge is 0.299 e. The first-order valence-electron chi connectivity index (χ1n) is 5.17. The second-order valence-electron chi connectivity index (χ2n) is 5.39. The highest BCUT2D eigenvalue weighted by atomic mass is 32.2. The van der Waals surface area contributed by atoms with E-state index in [4.69, 9.17) is 5.14 Å². The van der Waals surface area contributed by atoms with E-state index >= 15 is 0 Å². The highest BCUT2D eigenvalue weighted by Gasteiger charge is 2.65. The molecule has 0 spiro atoms. The molecular formula is C10H15NO3S. The number of hydrogen-bond donors (Lipinski definition) is 0. The van der Waals surface area contributed by atoms with Gasteiger partial charge in [0, 0.05) is 11.8 Å². The maximum absolute atomic E-state index is 11.9. The lowest BCUT2D eigenvalue weighted by Crippen LogP contribution is -2.42. The number of ketones is 1. The summed E-state index contributed by atoms with van der Waals surface area (Å²) in [6.45, 7) is 3.89. The van der Waals surface area contributed by atoms with E-state index in [0.717, 1.165) is 6.42 Å². The van der Waals surface area contributed by atoms with Gasteiger partial charge in [0.1, 0.15) is 5.78 Å². The van der Waals surface area contributed by atoms with Gasteiger partial charge >= 0.3 is 0 Å². The maximum Gasteiger partial charge on any atom is 0.245 e. The standard InChI is InChI=1S/C10H15NO3S/c1-9(2)7-3-4-10(9,8(12)5-7)6-15(11,13)14/h7H,3-6H2,1-2H3/t7?,10-/m0/s1. The van der Waals surface area contributed by atoms with E-state index in [9.17, 15) is 13.2 Å². The van der Waals surface area contributed by atoms with Crippen LogP contribution in [0.15, 0.2) is 0 Å². The van der Waals surface area contributed by atoms with Crippen LogP contribution in [-0.2, 0) is 14.8 Å². The number of carbonyl (C=O) groups is 1. The Morgan fingerprint density at radius 3 is 2.40 bits per heavy atom. The molecule has 0 heterocycles. The fourth-order valence-corrected chi connectivity index (χ4v) is 4.72. The predicted octanol–water partition coefficient (Wildman–Crippen LogP) is 0.780. The molecular weight excluding hydrogens is 214 g/mol. The van der Waals surface area contributed by atoms with Gasteiger partial charge in [0.05, 0.1) is 5.75 Å². The van der Waals surface area contributed by atoms with Crippen molar-refractivity contribution in [3.8, 4) is 0 Å². The molecule has 2 aliphatic carbocycles.